The fraction of sp³-hybridized carbons (Fsp3) is 0.286. The van der Waals surface area contributed by atoms with Crippen LogP contribution < -0.4 is 31.9 Å². The summed E-state index contributed by atoms with van der Waals surface area (Å²) >= 11 is 0. The van der Waals surface area contributed by atoms with Gasteiger partial charge < -0.3 is 46.1 Å². The molecule has 1 aliphatic rings. The average molecular weight is 1190 g/mol. The first-order chi connectivity index (χ1) is 42.1. The van der Waals surface area contributed by atoms with E-state index < -0.39 is 114 Å². The molecule has 1 heterocycles. The molecule has 0 unspecified atom stereocenters. The van der Waals surface area contributed by atoms with Crippen molar-refractivity contribution in [3.63, 3.8) is 0 Å². The molecule has 7 aromatic carbocycles. The number of amides is 8. The van der Waals surface area contributed by atoms with E-state index in [1.807, 2.05) is 182 Å². The van der Waals surface area contributed by atoms with Gasteiger partial charge in [-0.3, -0.25) is 28.8 Å². The first kappa shape index (κ1) is 64.1. The summed E-state index contributed by atoms with van der Waals surface area (Å²) in [6, 6.07) is 57.2. The van der Waals surface area contributed by atoms with Gasteiger partial charge in [-0.2, -0.15) is 0 Å². The third-order valence-corrected chi connectivity index (χ3v) is 14.6. The van der Waals surface area contributed by atoms with Gasteiger partial charge >= 0.3 is 12.2 Å². The predicted molar refractivity (Wildman–Crippen MR) is 332 cm³/mol. The Labute approximate surface area is 513 Å². The second kappa shape index (κ2) is 29.0. The topological polar surface area (TPSA) is 240 Å². The second-order valence-electron chi connectivity index (χ2n) is 23.3. The number of rotatable bonds is 24. The lowest BCUT2D eigenvalue weighted by Gasteiger charge is -2.37. The maximum Gasteiger partial charge on any atom is 0.416 e. The van der Waals surface area contributed by atoms with Crippen LogP contribution in [0.15, 0.2) is 212 Å². The number of ether oxygens (including phenoxy) is 3. The predicted octanol–water partition coefficient (Wildman–Crippen LogP) is 8.37. The van der Waals surface area contributed by atoms with Gasteiger partial charge in [0.25, 0.3) is 5.91 Å². The summed E-state index contributed by atoms with van der Waals surface area (Å²) in [5.74, 6) is -5.47. The molecule has 0 spiro atoms. The van der Waals surface area contributed by atoms with E-state index in [2.05, 4.69) is 31.9 Å². The number of carbonyl (C=O) groups excluding carboxylic acids is 8. The molecule has 18 nitrogen and oxygen atoms in total. The molecule has 1 aliphatic heterocycles. The van der Waals surface area contributed by atoms with Crippen molar-refractivity contribution < 1.29 is 52.6 Å². The molecule has 8 amide bonds. The molecule has 1 fully saturated rings. The van der Waals surface area contributed by atoms with E-state index >= 15 is 19.2 Å². The maximum absolute atomic E-state index is 15.7. The number of benzene rings is 7. The standard InChI is InChI=1S/C70H75N7O11/c1-67(2,3)87-47-58(74-65(84)88-68(4,5)6)63(82)72-55(45-59(78)75-69(49-30-16-8-17-31-49,50-32-18-9-19-33-50)51-34-20-10-21-35-51)61(80)71-56(62(81)73-57(44-48-28-14-7-15-29-48)64(83)77-42-43-86-66(77)85)46-60(79)76-70(52-36-22-11-23-37-52,53-38-24-12-25-39-53)54-40-26-13-27-41-54/h7-41,55-58H,42-47H2,1-6H3,(H,71,80)(H,72,82)(H,73,81)(H,74,84)(H,75,78)(H,76,79)/t55-,56-,57-,58-/m0/s1. The van der Waals surface area contributed by atoms with Crippen LogP contribution in [0, 0.1) is 0 Å². The quantitative estimate of drug-likeness (QED) is 0.0314. The van der Waals surface area contributed by atoms with Crippen LogP contribution >= 0.6 is 0 Å². The molecule has 0 bridgehead atoms. The van der Waals surface area contributed by atoms with E-state index in [4.69, 9.17) is 14.2 Å². The molecule has 0 aromatic heterocycles. The zero-order valence-electron chi connectivity index (χ0n) is 50.2. The van der Waals surface area contributed by atoms with E-state index in [0.29, 0.717) is 38.9 Å². The van der Waals surface area contributed by atoms with Gasteiger partial charge in [0.15, 0.2) is 0 Å². The van der Waals surface area contributed by atoms with Crippen molar-refractivity contribution in [2.75, 3.05) is 19.8 Å². The lowest BCUT2D eigenvalue weighted by molar-refractivity contribution is -0.138. The number of carbonyl (C=O) groups is 8. The normalized spacial score (nSPS) is 13.9. The molecule has 4 atom stereocenters. The summed E-state index contributed by atoms with van der Waals surface area (Å²) in [4.78, 5) is 118. The van der Waals surface area contributed by atoms with Crippen molar-refractivity contribution >= 4 is 47.6 Å². The molecule has 0 aliphatic carbocycles. The molecule has 1 saturated heterocycles. The van der Waals surface area contributed by atoms with Gasteiger partial charge in [0, 0.05) is 6.42 Å². The van der Waals surface area contributed by atoms with Crippen LogP contribution in [0.4, 0.5) is 9.59 Å². The lowest BCUT2D eigenvalue weighted by atomic mass is 9.77. The Hall–Kier alpha value is -9.94. The molecule has 0 saturated carbocycles. The maximum atomic E-state index is 15.7. The third-order valence-electron chi connectivity index (χ3n) is 14.6. The van der Waals surface area contributed by atoms with Crippen LogP contribution in [0.5, 0.6) is 0 Å². The first-order valence-corrected chi connectivity index (χ1v) is 29.2. The van der Waals surface area contributed by atoms with Crippen molar-refractivity contribution in [2.24, 2.45) is 0 Å². The Morgan fingerprint density at radius 1 is 0.443 bits per heavy atom. The summed E-state index contributed by atoms with van der Waals surface area (Å²) in [6.07, 6.45) is -3.62. The van der Waals surface area contributed by atoms with Crippen LogP contribution in [0.3, 0.4) is 0 Å². The first-order valence-electron chi connectivity index (χ1n) is 29.2. The Balaban J connectivity index is 1.23. The summed E-state index contributed by atoms with van der Waals surface area (Å²) < 4.78 is 16.7. The Morgan fingerprint density at radius 3 is 1.09 bits per heavy atom. The van der Waals surface area contributed by atoms with E-state index in [0.717, 1.165) is 4.90 Å². The van der Waals surface area contributed by atoms with Crippen LogP contribution in [-0.2, 0) is 60.5 Å². The SMILES string of the molecule is CC(C)(C)OC[C@H](NC(=O)OC(C)(C)C)C(=O)N[C@@H](CC(=O)NC(c1ccccc1)(c1ccccc1)c1ccccc1)C(=O)N[C@@H](CC(=O)NC(c1ccccc1)(c1ccccc1)c1ccccc1)C(=O)N[C@@H](Cc1ccccc1)C(=O)N1CCOC1=O. The molecule has 456 valence electrons. The van der Waals surface area contributed by atoms with Crippen molar-refractivity contribution in [1.29, 1.82) is 0 Å². The van der Waals surface area contributed by atoms with Gasteiger partial charge in [-0.05, 0) is 80.5 Å². The van der Waals surface area contributed by atoms with E-state index in [1.165, 1.54) is 0 Å². The van der Waals surface area contributed by atoms with Crippen molar-refractivity contribution in [3.8, 4) is 0 Å². The summed E-state index contributed by atoms with van der Waals surface area (Å²) in [5, 5.41) is 17.2. The number of cyclic esters (lactones) is 1. The molecule has 0 radical (unpaired) electrons. The molecule has 18 heteroatoms. The highest BCUT2D eigenvalue weighted by Crippen LogP contribution is 2.39. The van der Waals surface area contributed by atoms with Gasteiger partial charge in [-0.25, -0.2) is 14.5 Å². The van der Waals surface area contributed by atoms with Crippen LogP contribution in [-0.4, -0.2) is 108 Å². The Kier molecular flexibility index (Phi) is 21.1. The van der Waals surface area contributed by atoms with Crippen LogP contribution in [0.1, 0.15) is 93.3 Å². The molecule has 88 heavy (non-hydrogen) atoms. The highest BCUT2D eigenvalue weighted by atomic mass is 16.6. The lowest BCUT2D eigenvalue weighted by Crippen LogP contribution is -2.61. The van der Waals surface area contributed by atoms with Gasteiger partial charge in [-0.15, -0.1) is 0 Å². The van der Waals surface area contributed by atoms with Crippen molar-refractivity contribution in [2.45, 2.75) is 107 Å². The summed E-state index contributed by atoms with van der Waals surface area (Å²) in [7, 11) is 0. The second-order valence-corrected chi connectivity index (χ2v) is 23.3. The minimum atomic E-state index is -1.87. The molecular formula is C70H75N7O11. The van der Waals surface area contributed by atoms with Crippen molar-refractivity contribution in [1.82, 2.24) is 36.8 Å². The smallest absolute Gasteiger partial charge is 0.416 e. The van der Waals surface area contributed by atoms with E-state index in [-0.39, 0.29) is 19.6 Å². The van der Waals surface area contributed by atoms with E-state index in [9.17, 15) is 19.2 Å². The molecule has 6 N–H and O–H groups in total. The number of imide groups is 1. The van der Waals surface area contributed by atoms with Gasteiger partial charge in [-0.1, -0.05) is 212 Å². The van der Waals surface area contributed by atoms with Gasteiger partial charge in [0.1, 0.15) is 47.5 Å². The summed E-state index contributed by atoms with van der Waals surface area (Å²) in [6.45, 7) is 9.56. The van der Waals surface area contributed by atoms with Crippen LogP contribution in [0.2, 0.25) is 0 Å². The molecular weight excluding hydrogens is 1110 g/mol. The van der Waals surface area contributed by atoms with Gasteiger partial charge in [0.05, 0.1) is 31.6 Å². The number of alkyl carbamates (subject to hydrolysis) is 1. The zero-order valence-corrected chi connectivity index (χ0v) is 50.2. The number of nitrogens with one attached hydrogen (secondary N) is 6. The minimum Gasteiger partial charge on any atom is -0.447 e. The Bertz CT molecular complexity index is 3300. The number of hydrogen-bond acceptors (Lipinski definition) is 11. The van der Waals surface area contributed by atoms with E-state index in [1.54, 1.807) is 71.9 Å². The molecule has 7 aromatic rings. The minimum absolute atomic E-state index is 0.0816. The highest BCUT2D eigenvalue weighted by molar-refractivity contribution is 6.01. The third kappa shape index (κ3) is 16.5. The van der Waals surface area contributed by atoms with Crippen molar-refractivity contribution in [3.05, 3.63) is 251 Å². The largest absolute Gasteiger partial charge is 0.447 e. The monoisotopic (exact) mass is 1190 g/mol. The molecule has 8 rings (SSSR count). The number of nitrogens with zero attached hydrogens (tertiary/aromatic N) is 1. The number of hydrogen-bond donors (Lipinski definition) is 6. The zero-order chi connectivity index (χ0) is 62.9. The highest BCUT2D eigenvalue weighted by Gasteiger charge is 2.43. The fourth-order valence-electron chi connectivity index (χ4n) is 10.5. The summed E-state index contributed by atoms with van der Waals surface area (Å²) in [5.41, 5.74) is -0.162. The Morgan fingerprint density at radius 2 is 0.773 bits per heavy atom. The average Bonchev–Trinajstić information content (AvgIpc) is 1.03. The van der Waals surface area contributed by atoms with Crippen LogP contribution in [0.25, 0.3) is 0 Å². The fourth-order valence-corrected chi connectivity index (χ4v) is 10.5. The van der Waals surface area contributed by atoms with Gasteiger partial charge in [0.2, 0.25) is 29.5 Å².